The quantitative estimate of drug-likeness (QED) is 0.361. The number of likely N-dealkylation sites (tertiary alicyclic amines) is 1. The zero-order chi connectivity index (χ0) is 29.5. The van der Waals surface area contributed by atoms with E-state index >= 15 is 0 Å². The Morgan fingerprint density at radius 3 is 2.55 bits per heavy atom. The highest BCUT2D eigenvalue weighted by molar-refractivity contribution is 7.86. The fourth-order valence-corrected chi connectivity index (χ4v) is 5.74. The van der Waals surface area contributed by atoms with Gasteiger partial charge in [-0.15, -0.1) is 0 Å². The number of benzene rings is 1. The van der Waals surface area contributed by atoms with Gasteiger partial charge in [0.1, 0.15) is 11.4 Å². The fraction of sp³-hybridized carbons (Fsp3) is 0.630. The minimum absolute atomic E-state index is 0.0535. The van der Waals surface area contributed by atoms with Crippen LogP contribution < -0.4 is 10.6 Å². The molecule has 224 valence electrons. The first kappa shape index (κ1) is 32.0. The van der Waals surface area contributed by atoms with Gasteiger partial charge in [0.15, 0.2) is 0 Å². The molecule has 0 aliphatic carbocycles. The average Bonchev–Trinajstić information content (AvgIpc) is 2.88. The smallest absolute Gasteiger partial charge is 0.369 e. The van der Waals surface area contributed by atoms with Crippen LogP contribution in [0.3, 0.4) is 0 Å². The van der Waals surface area contributed by atoms with E-state index < -0.39 is 21.9 Å². The number of rotatable bonds is 11. The molecule has 1 aliphatic rings. The van der Waals surface area contributed by atoms with Gasteiger partial charge in [-0.05, 0) is 75.4 Å². The van der Waals surface area contributed by atoms with E-state index in [1.54, 1.807) is 0 Å². The third kappa shape index (κ3) is 8.51. The van der Waals surface area contributed by atoms with E-state index in [1.165, 1.54) is 39.5 Å². The SMILES string of the molecule is CCc1cc(C2CCCCN(C)CC2)ccc1Nc1ncc(C(F)(F)F)c(NCCCN(C)S(=O)(=O)N(C)C)n1. The largest absolute Gasteiger partial charge is 0.421 e. The van der Waals surface area contributed by atoms with Crippen LogP contribution in [0.2, 0.25) is 0 Å². The van der Waals surface area contributed by atoms with Gasteiger partial charge in [-0.3, -0.25) is 0 Å². The molecule has 1 aromatic carbocycles. The summed E-state index contributed by atoms with van der Waals surface area (Å²) >= 11 is 0. The molecule has 1 atom stereocenters. The fourth-order valence-electron chi connectivity index (χ4n) is 4.83. The summed E-state index contributed by atoms with van der Waals surface area (Å²) in [6, 6.07) is 6.25. The molecule has 1 aliphatic heterocycles. The van der Waals surface area contributed by atoms with Crippen LogP contribution in [0.15, 0.2) is 24.4 Å². The summed E-state index contributed by atoms with van der Waals surface area (Å²) in [7, 11) is 2.83. The maximum atomic E-state index is 13.7. The minimum atomic E-state index is -4.65. The molecule has 0 radical (unpaired) electrons. The van der Waals surface area contributed by atoms with Gasteiger partial charge in [0.2, 0.25) is 5.95 Å². The Kier molecular flexibility index (Phi) is 11.2. The number of anilines is 3. The highest BCUT2D eigenvalue weighted by Gasteiger charge is 2.35. The molecule has 3 rings (SSSR count). The summed E-state index contributed by atoms with van der Waals surface area (Å²) in [5, 5.41) is 5.84. The molecule has 0 spiro atoms. The van der Waals surface area contributed by atoms with E-state index in [9.17, 15) is 21.6 Å². The summed E-state index contributed by atoms with van der Waals surface area (Å²) in [5.74, 6) is 0.182. The van der Waals surface area contributed by atoms with Crippen LogP contribution in [0.5, 0.6) is 0 Å². The van der Waals surface area contributed by atoms with Gasteiger partial charge in [0, 0.05) is 46.1 Å². The normalized spacial score (nSPS) is 17.6. The first-order valence-electron chi connectivity index (χ1n) is 13.7. The van der Waals surface area contributed by atoms with Crippen molar-refractivity contribution in [3.05, 3.63) is 41.1 Å². The molecule has 2 N–H and O–H groups in total. The second kappa shape index (κ2) is 13.9. The van der Waals surface area contributed by atoms with Crippen LogP contribution in [-0.2, 0) is 22.8 Å². The summed E-state index contributed by atoms with van der Waals surface area (Å²) in [6.07, 6.45) is 1.79. The number of aryl methyl sites for hydroxylation is 1. The second-order valence-electron chi connectivity index (χ2n) is 10.5. The predicted octanol–water partition coefficient (Wildman–Crippen LogP) is 4.93. The van der Waals surface area contributed by atoms with Gasteiger partial charge in [-0.25, -0.2) is 4.98 Å². The topological polar surface area (TPSA) is 93.7 Å². The summed E-state index contributed by atoms with van der Waals surface area (Å²) in [4.78, 5) is 10.5. The van der Waals surface area contributed by atoms with Crippen molar-refractivity contribution in [2.24, 2.45) is 0 Å². The monoisotopic (exact) mass is 585 g/mol. The highest BCUT2D eigenvalue weighted by atomic mass is 32.2. The Bertz CT molecular complexity index is 1230. The van der Waals surface area contributed by atoms with Gasteiger partial charge >= 0.3 is 6.18 Å². The summed E-state index contributed by atoms with van der Waals surface area (Å²) in [5.41, 5.74) is 2.12. The van der Waals surface area contributed by atoms with E-state index in [-0.39, 0.29) is 31.3 Å². The van der Waals surface area contributed by atoms with E-state index in [4.69, 9.17) is 0 Å². The van der Waals surface area contributed by atoms with Gasteiger partial charge in [0.25, 0.3) is 10.2 Å². The second-order valence-corrected chi connectivity index (χ2v) is 12.8. The lowest BCUT2D eigenvalue weighted by atomic mass is 9.88. The molecule has 2 heterocycles. The van der Waals surface area contributed by atoms with E-state index in [1.807, 2.05) is 13.0 Å². The third-order valence-electron chi connectivity index (χ3n) is 7.32. The number of hydrogen-bond donors (Lipinski definition) is 2. The number of nitrogens with one attached hydrogen (secondary N) is 2. The van der Waals surface area contributed by atoms with Gasteiger partial charge in [0.05, 0.1) is 0 Å². The van der Waals surface area contributed by atoms with Crippen molar-refractivity contribution >= 4 is 27.7 Å². The molecule has 1 fully saturated rings. The van der Waals surface area contributed by atoms with Gasteiger partial charge < -0.3 is 15.5 Å². The van der Waals surface area contributed by atoms with E-state index in [0.29, 0.717) is 5.92 Å². The number of halogens is 3. The summed E-state index contributed by atoms with van der Waals surface area (Å²) in [6.45, 7) is 4.47. The van der Waals surface area contributed by atoms with Crippen molar-refractivity contribution in [3.8, 4) is 0 Å². The van der Waals surface area contributed by atoms with E-state index in [0.717, 1.165) is 58.4 Å². The number of alkyl halides is 3. The van der Waals surface area contributed by atoms with Gasteiger partial charge in [-0.2, -0.15) is 35.2 Å². The lowest BCUT2D eigenvalue weighted by Crippen LogP contribution is -2.38. The number of hydrogen-bond acceptors (Lipinski definition) is 7. The molecule has 1 aromatic heterocycles. The Balaban J connectivity index is 1.74. The van der Waals surface area contributed by atoms with Crippen LogP contribution in [0.25, 0.3) is 0 Å². The van der Waals surface area contributed by atoms with Gasteiger partial charge in [-0.1, -0.05) is 25.5 Å². The molecular formula is C27H42F3N7O2S. The Labute approximate surface area is 236 Å². The molecular weight excluding hydrogens is 543 g/mol. The average molecular weight is 586 g/mol. The number of aromatic nitrogens is 2. The predicted molar refractivity (Wildman–Crippen MR) is 153 cm³/mol. The maximum absolute atomic E-state index is 13.7. The van der Waals surface area contributed by atoms with Crippen LogP contribution in [-0.4, -0.2) is 86.3 Å². The molecule has 0 bridgehead atoms. The molecule has 0 saturated carbocycles. The standard InChI is InChI=1S/C27H42F3N7O2S/c1-6-20-18-22(21-10-7-8-15-36(4)17-13-21)11-12-24(20)33-26-32-19-23(27(28,29)30)25(34-26)31-14-9-16-37(5)40(38,39)35(2)3/h11-12,18-19,21H,6-10,13-17H2,1-5H3,(H2,31,32,33,34). The molecule has 9 nitrogen and oxygen atoms in total. The van der Waals surface area contributed by atoms with Crippen molar-refractivity contribution in [1.82, 2.24) is 23.5 Å². The Hall–Kier alpha value is -2.48. The number of nitrogens with zero attached hydrogens (tertiary/aromatic N) is 5. The van der Waals surface area contributed by atoms with Crippen molar-refractivity contribution in [1.29, 1.82) is 0 Å². The van der Waals surface area contributed by atoms with Crippen LogP contribution in [0, 0.1) is 0 Å². The molecule has 1 saturated heterocycles. The lowest BCUT2D eigenvalue weighted by molar-refractivity contribution is -0.137. The Morgan fingerprint density at radius 1 is 1.12 bits per heavy atom. The maximum Gasteiger partial charge on any atom is 0.421 e. The minimum Gasteiger partial charge on any atom is -0.369 e. The summed E-state index contributed by atoms with van der Waals surface area (Å²) < 4.78 is 67.6. The van der Waals surface area contributed by atoms with Crippen LogP contribution >= 0.6 is 0 Å². The highest BCUT2D eigenvalue weighted by Crippen LogP contribution is 2.35. The molecule has 2 aromatic rings. The molecule has 40 heavy (non-hydrogen) atoms. The van der Waals surface area contributed by atoms with Crippen molar-refractivity contribution < 1.29 is 21.6 Å². The Morgan fingerprint density at radius 2 is 1.88 bits per heavy atom. The first-order chi connectivity index (χ1) is 18.8. The van der Waals surface area contributed by atoms with Crippen molar-refractivity contribution in [2.45, 2.75) is 57.5 Å². The zero-order valence-corrected chi connectivity index (χ0v) is 24.9. The lowest BCUT2D eigenvalue weighted by Gasteiger charge is -2.26. The van der Waals surface area contributed by atoms with Crippen LogP contribution in [0.4, 0.5) is 30.6 Å². The first-order valence-corrected chi connectivity index (χ1v) is 15.1. The molecule has 13 heteroatoms. The zero-order valence-electron chi connectivity index (χ0n) is 24.1. The van der Waals surface area contributed by atoms with Crippen LogP contribution in [0.1, 0.15) is 61.6 Å². The van der Waals surface area contributed by atoms with Crippen molar-refractivity contribution in [3.63, 3.8) is 0 Å². The molecule has 0 amide bonds. The third-order valence-corrected chi connectivity index (χ3v) is 9.21. The molecule has 1 unspecified atom stereocenters. The van der Waals surface area contributed by atoms with E-state index in [2.05, 4.69) is 44.7 Å². The van der Waals surface area contributed by atoms with Crippen molar-refractivity contribution in [2.75, 3.05) is 65.0 Å².